The van der Waals surface area contributed by atoms with E-state index in [4.69, 9.17) is 9.47 Å². The molecule has 0 rings (SSSR count). The van der Waals surface area contributed by atoms with Gasteiger partial charge >= 0.3 is 0 Å². The summed E-state index contributed by atoms with van der Waals surface area (Å²) in [6, 6.07) is 0. The van der Waals surface area contributed by atoms with Crippen molar-refractivity contribution < 1.29 is 13.7 Å². The highest BCUT2D eigenvalue weighted by atomic mass is 32.2. The summed E-state index contributed by atoms with van der Waals surface area (Å²) >= 11 is 0. The molecule has 15 heavy (non-hydrogen) atoms. The number of rotatable bonds is 11. The van der Waals surface area contributed by atoms with Gasteiger partial charge in [-0.1, -0.05) is 0 Å². The topological polar surface area (TPSA) is 47.6 Å². The molecule has 0 bridgehead atoms. The van der Waals surface area contributed by atoms with E-state index in [1.807, 2.05) is 0 Å². The SMILES string of the molecule is COCCOCCCNCCCS(C)=O. The molecular weight excluding hydrogens is 214 g/mol. The first-order valence-corrected chi connectivity index (χ1v) is 7.07. The van der Waals surface area contributed by atoms with E-state index in [1.54, 1.807) is 13.4 Å². The van der Waals surface area contributed by atoms with Gasteiger partial charge in [-0.3, -0.25) is 4.21 Å². The van der Waals surface area contributed by atoms with Crippen molar-refractivity contribution in [2.75, 3.05) is 52.0 Å². The van der Waals surface area contributed by atoms with Crippen LogP contribution in [0.1, 0.15) is 12.8 Å². The molecule has 0 heterocycles. The smallest absolute Gasteiger partial charge is 0.0700 e. The van der Waals surface area contributed by atoms with Crippen LogP contribution in [0.15, 0.2) is 0 Å². The third kappa shape index (κ3) is 14.0. The van der Waals surface area contributed by atoms with E-state index in [0.717, 1.165) is 38.3 Å². The molecule has 0 saturated carbocycles. The highest BCUT2D eigenvalue weighted by Crippen LogP contribution is 1.84. The highest BCUT2D eigenvalue weighted by molar-refractivity contribution is 7.84. The standard InChI is InChI=1S/C10H23NO3S/c1-13-8-9-14-7-3-5-11-6-4-10-15(2)12/h11H,3-10H2,1-2H3. The molecule has 0 aliphatic carbocycles. The molecule has 0 radical (unpaired) electrons. The highest BCUT2D eigenvalue weighted by Gasteiger charge is 1.92. The van der Waals surface area contributed by atoms with Gasteiger partial charge in [0.25, 0.3) is 0 Å². The van der Waals surface area contributed by atoms with Crippen LogP contribution in [-0.4, -0.2) is 56.2 Å². The molecule has 0 aliphatic rings. The zero-order chi connectivity index (χ0) is 11.4. The molecule has 0 spiro atoms. The summed E-state index contributed by atoms with van der Waals surface area (Å²) in [6.45, 7) is 4.01. The summed E-state index contributed by atoms with van der Waals surface area (Å²) in [5.41, 5.74) is 0. The second kappa shape index (κ2) is 12.1. The lowest BCUT2D eigenvalue weighted by Gasteiger charge is -2.05. The number of hydrogen-bond donors (Lipinski definition) is 1. The summed E-state index contributed by atoms with van der Waals surface area (Å²) in [5.74, 6) is 0.789. The van der Waals surface area contributed by atoms with E-state index in [9.17, 15) is 4.21 Å². The number of ether oxygens (including phenoxy) is 2. The van der Waals surface area contributed by atoms with Crippen LogP contribution in [0.5, 0.6) is 0 Å². The largest absolute Gasteiger partial charge is 0.382 e. The quantitative estimate of drug-likeness (QED) is 0.528. The van der Waals surface area contributed by atoms with Crippen molar-refractivity contribution in [1.82, 2.24) is 5.32 Å². The maximum Gasteiger partial charge on any atom is 0.0700 e. The van der Waals surface area contributed by atoms with Crippen molar-refractivity contribution in [2.24, 2.45) is 0 Å². The maximum absolute atomic E-state index is 10.7. The molecule has 0 saturated heterocycles. The Morgan fingerprint density at radius 1 is 1.13 bits per heavy atom. The Bertz CT molecular complexity index is 156. The van der Waals surface area contributed by atoms with Crippen molar-refractivity contribution in [3.63, 3.8) is 0 Å². The van der Waals surface area contributed by atoms with E-state index < -0.39 is 10.8 Å². The fraction of sp³-hybridized carbons (Fsp3) is 1.00. The second-order valence-electron chi connectivity index (χ2n) is 3.34. The lowest BCUT2D eigenvalue weighted by molar-refractivity contribution is 0.0695. The molecule has 0 aromatic heterocycles. The Labute approximate surface area is 95.2 Å². The molecular formula is C10H23NO3S. The summed E-state index contributed by atoms with van der Waals surface area (Å²) in [4.78, 5) is 0. The van der Waals surface area contributed by atoms with Crippen molar-refractivity contribution in [3.8, 4) is 0 Å². The first-order chi connectivity index (χ1) is 7.27. The Morgan fingerprint density at radius 2 is 1.87 bits per heavy atom. The lowest BCUT2D eigenvalue weighted by Crippen LogP contribution is -2.19. The molecule has 1 unspecified atom stereocenters. The Kier molecular flexibility index (Phi) is 12.1. The van der Waals surface area contributed by atoms with Crippen LogP contribution in [0.4, 0.5) is 0 Å². The fourth-order valence-corrected chi connectivity index (χ4v) is 1.62. The van der Waals surface area contributed by atoms with Crippen LogP contribution >= 0.6 is 0 Å². The first-order valence-electron chi connectivity index (χ1n) is 5.34. The van der Waals surface area contributed by atoms with Gasteiger partial charge in [0.05, 0.1) is 13.2 Å². The van der Waals surface area contributed by atoms with Gasteiger partial charge in [0.15, 0.2) is 0 Å². The third-order valence-corrected chi connectivity index (χ3v) is 2.72. The average Bonchev–Trinajstić information content (AvgIpc) is 2.20. The van der Waals surface area contributed by atoms with Crippen LogP contribution in [0, 0.1) is 0 Å². The van der Waals surface area contributed by atoms with Crippen molar-refractivity contribution in [2.45, 2.75) is 12.8 Å². The lowest BCUT2D eigenvalue weighted by atomic mass is 10.4. The monoisotopic (exact) mass is 237 g/mol. The molecule has 5 heteroatoms. The summed E-state index contributed by atoms with van der Waals surface area (Å²) in [5, 5.41) is 3.29. The fourth-order valence-electron chi connectivity index (χ4n) is 1.07. The van der Waals surface area contributed by atoms with E-state index in [2.05, 4.69) is 5.32 Å². The number of hydrogen-bond acceptors (Lipinski definition) is 4. The van der Waals surface area contributed by atoms with E-state index >= 15 is 0 Å². The molecule has 4 nitrogen and oxygen atoms in total. The second-order valence-corrected chi connectivity index (χ2v) is 4.89. The van der Waals surface area contributed by atoms with Gasteiger partial charge in [0, 0.05) is 36.5 Å². The van der Waals surface area contributed by atoms with Crippen molar-refractivity contribution >= 4 is 10.8 Å². The summed E-state index contributed by atoms with van der Waals surface area (Å²) in [6.07, 6.45) is 3.73. The van der Waals surface area contributed by atoms with Crippen molar-refractivity contribution in [3.05, 3.63) is 0 Å². The molecule has 0 fully saturated rings. The van der Waals surface area contributed by atoms with Gasteiger partial charge < -0.3 is 14.8 Å². The Hall–Kier alpha value is 0.0300. The number of nitrogens with one attached hydrogen (secondary N) is 1. The normalized spacial score (nSPS) is 12.9. The van der Waals surface area contributed by atoms with Gasteiger partial charge in [-0.25, -0.2) is 0 Å². The van der Waals surface area contributed by atoms with Gasteiger partial charge in [-0.15, -0.1) is 0 Å². The zero-order valence-corrected chi connectivity index (χ0v) is 10.6. The molecule has 92 valence electrons. The van der Waals surface area contributed by atoms with Crippen molar-refractivity contribution in [1.29, 1.82) is 0 Å². The predicted octanol–water partition coefficient (Wildman–Crippen LogP) is 0.398. The minimum absolute atomic E-state index is 0.657. The average molecular weight is 237 g/mol. The molecule has 0 aromatic rings. The molecule has 0 aromatic carbocycles. The van der Waals surface area contributed by atoms with Crippen LogP contribution in [0.25, 0.3) is 0 Å². The van der Waals surface area contributed by atoms with Gasteiger partial charge in [0.2, 0.25) is 0 Å². The van der Waals surface area contributed by atoms with E-state index in [1.165, 1.54) is 0 Å². The van der Waals surface area contributed by atoms with Crippen LogP contribution in [0.2, 0.25) is 0 Å². The van der Waals surface area contributed by atoms with Crippen LogP contribution in [-0.2, 0) is 20.3 Å². The minimum Gasteiger partial charge on any atom is -0.382 e. The van der Waals surface area contributed by atoms with Gasteiger partial charge in [-0.2, -0.15) is 0 Å². The molecule has 0 amide bonds. The summed E-state index contributed by atoms with van der Waals surface area (Å²) in [7, 11) is 1.01. The van der Waals surface area contributed by atoms with Gasteiger partial charge in [-0.05, 0) is 25.9 Å². The molecule has 1 N–H and O–H groups in total. The molecule has 0 aliphatic heterocycles. The van der Waals surface area contributed by atoms with Gasteiger partial charge in [0.1, 0.15) is 0 Å². The predicted molar refractivity (Wildman–Crippen MR) is 63.7 cm³/mol. The minimum atomic E-state index is -0.657. The Balaban J connectivity index is 2.89. The first kappa shape index (κ1) is 15.0. The number of methoxy groups -OCH3 is 1. The maximum atomic E-state index is 10.7. The third-order valence-electron chi connectivity index (χ3n) is 1.86. The zero-order valence-electron chi connectivity index (χ0n) is 9.79. The summed E-state index contributed by atoms with van der Waals surface area (Å²) < 4.78 is 20.9. The molecule has 1 atom stereocenters. The van der Waals surface area contributed by atoms with Crippen LogP contribution < -0.4 is 5.32 Å². The van der Waals surface area contributed by atoms with E-state index in [-0.39, 0.29) is 0 Å². The van der Waals surface area contributed by atoms with Crippen LogP contribution in [0.3, 0.4) is 0 Å². The van der Waals surface area contributed by atoms with E-state index in [0.29, 0.717) is 13.2 Å². The Morgan fingerprint density at radius 3 is 2.53 bits per heavy atom.